The largest absolute Gasteiger partial charge is 0.497 e. The lowest BCUT2D eigenvalue weighted by Gasteiger charge is -2.20. The molecule has 6 heteroatoms. The van der Waals surface area contributed by atoms with Crippen LogP contribution in [0.4, 0.5) is 0 Å². The number of nitrogens with zero attached hydrogens (tertiary/aromatic N) is 3. The summed E-state index contributed by atoms with van der Waals surface area (Å²) in [5.41, 5.74) is 0.906. The Morgan fingerprint density at radius 2 is 1.96 bits per heavy atom. The van der Waals surface area contributed by atoms with Crippen LogP contribution in [-0.2, 0) is 11.3 Å². The Bertz CT molecular complexity index is 676. The summed E-state index contributed by atoms with van der Waals surface area (Å²) in [5, 5.41) is 4.09. The molecule has 0 aliphatic heterocycles. The molecule has 0 bridgehead atoms. The number of rotatable bonds is 5. The summed E-state index contributed by atoms with van der Waals surface area (Å²) in [4.78, 5) is 16.1. The molecule has 0 amide bonds. The molecule has 122 valence electrons. The van der Waals surface area contributed by atoms with E-state index in [0.717, 1.165) is 30.0 Å². The van der Waals surface area contributed by atoms with E-state index in [1.54, 1.807) is 11.8 Å². The zero-order valence-electron chi connectivity index (χ0n) is 13.2. The molecule has 2 aromatic rings. The van der Waals surface area contributed by atoms with Crippen LogP contribution in [0.25, 0.3) is 11.4 Å². The number of hydrogen-bond donors (Lipinski definition) is 0. The quantitative estimate of drug-likeness (QED) is 0.782. The lowest BCUT2D eigenvalue weighted by atomic mass is 9.88. The molecule has 0 atom stereocenters. The summed E-state index contributed by atoms with van der Waals surface area (Å²) in [5.74, 6) is 2.66. The number of aromatic nitrogens is 3. The van der Waals surface area contributed by atoms with Gasteiger partial charge in [0.1, 0.15) is 18.1 Å². The molecule has 1 aliphatic carbocycles. The molecule has 1 fully saturated rings. The van der Waals surface area contributed by atoms with Crippen molar-refractivity contribution in [2.75, 3.05) is 7.11 Å². The van der Waals surface area contributed by atoms with Gasteiger partial charge < -0.3 is 4.74 Å². The standard InChI is InChI=1S/C17H20ClN3O2/c1-23-14-9-7-12(8-10-14)16-19-17(13-5-3-2-4-6-13)21(20-16)11-15(18)22/h7-10,13H,2-6,11H2,1H3. The molecule has 1 heterocycles. The molecule has 0 N–H and O–H groups in total. The van der Waals surface area contributed by atoms with Crippen LogP contribution in [0.2, 0.25) is 0 Å². The summed E-state index contributed by atoms with van der Waals surface area (Å²) in [7, 11) is 1.63. The highest BCUT2D eigenvalue weighted by atomic mass is 35.5. The third-order valence-electron chi connectivity index (χ3n) is 4.29. The van der Waals surface area contributed by atoms with Gasteiger partial charge in [-0.3, -0.25) is 4.79 Å². The van der Waals surface area contributed by atoms with E-state index in [1.807, 2.05) is 24.3 Å². The predicted octanol–water partition coefficient (Wildman–Crippen LogP) is 3.77. The molecule has 1 aromatic heterocycles. The molecule has 0 radical (unpaired) electrons. The van der Waals surface area contributed by atoms with Crippen molar-refractivity contribution < 1.29 is 9.53 Å². The molecule has 1 aliphatic rings. The fraction of sp³-hybridized carbons (Fsp3) is 0.471. The first kappa shape index (κ1) is 16.0. The monoisotopic (exact) mass is 333 g/mol. The maximum atomic E-state index is 11.3. The van der Waals surface area contributed by atoms with Gasteiger partial charge in [0, 0.05) is 11.5 Å². The van der Waals surface area contributed by atoms with Crippen LogP contribution in [0.15, 0.2) is 24.3 Å². The number of halogens is 1. The second-order valence-electron chi connectivity index (χ2n) is 5.87. The second kappa shape index (κ2) is 7.13. The average molecular weight is 334 g/mol. The third-order valence-corrected chi connectivity index (χ3v) is 4.41. The highest BCUT2D eigenvalue weighted by Gasteiger charge is 2.23. The van der Waals surface area contributed by atoms with Gasteiger partial charge in [-0.2, -0.15) is 5.10 Å². The van der Waals surface area contributed by atoms with Crippen LogP contribution in [0.5, 0.6) is 5.75 Å². The van der Waals surface area contributed by atoms with E-state index in [4.69, 9.17) is 21.3 Å². The summed E-state index contributed by atoms with van der Waals surface area (Å²) < 4.78 is 6.85. The van der Waals surface area contributed by atoms with E-state index in [9.17, 15) is 4.79 Å². The van der Waals surface area contributed by atoms with Gasteiger partial charge in [-0.1, -0.05) is 19.3 Å². The van der Waals surface area contributed by atoms with Crippen molar-refractivity contribution in [3.63, 3.8) is 0 Å². The Balaban J connectivity index is 1.93. The van der Waals surface area contributed by atoms with Gasteiger partial charge in [0.15, 0.2) is 5.82 Å². The summed E-state index contributed by atoms with van der Waals surface area (Å²) in [6.07, 6.45) is 5.85. The van der Waals surface area contributed by atoms with Gasteiger partial charge in [-0.05, 0) is 48.7 Å². The summed E-state index contributed by atoms with van der Waals surface area (Å²) >= 11 is 5.57. The summed E-state index contributed by atoms with van der Waals surface area (Å²) in [6.45, 7) is 0.0660. The van der Waals surface area contributed by atoms with E-state index in [1.165, 1.54) is 19.3 Å². The minimum Gasteiger partial charge on any atom is -0.497 e. The zero-order valence-corrected chi connectivity index (χ0v) is 13.9. The lowest BCUT2D eigenvalue weighted by molar-refractivity contribution is -0.112. The van der Waals surface area contributed by atoms with Crippen LogP contribution < -0.4 is 4.74 Å². The molecular formula is C17H20ClN3O2. The van der Waals surface area contributed by atoms with E-state index < -0.39 is 5.24 Å². The fourth-order valence-corrected chi connectivity index (χ4v) is 3.23. The smallest absolute Gasteiger partial charge is 0.243 e. The SMILES string of the molecule is COc1ccc(-c2nc(C3CCCCC3)n(CC(=O)Cl)n2)cc1. The van der Waals surface area contributed by atoms with E-state index >= 15 is 0 Å². The van der Waals surface area contributed by atoms with Crippen LogP contribution in [0.3, 0.4) is 0 Å². The van der Waals surface area contributed by atoms with Crippen LogP contribution in [0.1, 0.15) is 43.8 Å². The first-order valence-corrected chi connectivity index (χ1v) is 8.32. The van der Waals surface area contributed by atoms with Crippen molar-refractivity contribution in [1.82, 2.24) is 14.8 Å². The zero-order chi connectivity index (χ0) is 16.2. The van der Waals surface area contributed by atoms with Crippen molar-refractivity contribution >= 4 is 16.8 Å². The molecule has 1 aromatic carbocycles. The van der Waals surface area contributed by atoms with E-state index in [-0.39, 0.29) is 6.54 Å². The Hall–Kier alpha value is -1.88. The number of carbonyl (C=O) groups is 1. The minimum absolute atomic E-state index is 0.0660. The van der Waals surface area contributed by atoms with Crippen LogP contribution >= 0.6 is 11.6 Å². The van der Waals surface area contributed by atoms with Crippen LogP contribution in [0, 0.1) is 0 Å². The Morgan fingerprint density at radius 1 is 1.26 bits per heavy atom. The minimum atomic E-state index is -0.423. The van der Waals surface area contributed by atoms with E-state index in [0.29, 0.717) is 11.7 Å². The summed E-state index contributed by atoms with van der Waals surface area (Å²) in [6, 6.07) is 7.60. The number of carbonyl (C=O) groups excluding carboxylic acids is 1. The highest BCUT2D eigenvalue weighted by molar-refractivity contribution is 6.63. The Labute approximate surface area is 140 Å². The van der Waals surface area contributed by atoms with E-state index in [2.05, 4.69) is 5.10 Å². The molecule has 3 rings (SSSR count). The number of hydrogen-bond acceptors (Lipinski definition) is 4. The molecule has 0 spiro atoms. The van der Waals surface area contributed by atoms with Crippen molar-refractivity contribution in [1.29, 1.82) is 0 Å². The van der Waals surface area contributed by atoms with Crippen molar-refractivity contribution in [2.45, 2.75) is 44.6 Å². The van der Waals surface area contributed by atoms with Crippen LogP contribution in [-0.4, -0.2) is 27.1 Å². The third kappa shape index (κ3) is 3.72. The van der Waals surface area contributed by atoms with Gasteiger partial charge in [0.2, 0.25) is 5.24 Å². The molecule has 1 saturated carbocycles. The first-order chi connectivity index (χ1) is 11.2. The Morgan fingerprint density at radius 3 is 2.57 bits per heavy atom. The first-order valence-electron chi connectivity index (χ1n) is 7.95. The van der Waals surface area contributed by atoms with Crippen molar-refractivity contribution in [3.05, 3.63) is 30.1 Å². The van der Waals surface area contributed by atoms with Gasteiger partial charge in [0.25, 0.3) is 0 Å². The molecule has 5 nitrogen and oxygen atoms in total. The molecule has 23 heavy (non-hydrogen) atoms. The van der Waals surface area contributed by atoms with Gasteiger partial charge in [0.05, 0.1) is 7.11 Å². The maximum absolute atomic E-state index is 11.3. The number of methoxy groups -OCH3 is 1. The lowest BCUT2D eigenvalue weighted by Crippen LogP contribution is -2.15. The van der Waals surface area contributed by atoms with Crippen molar-refractivity contribution in [3.8, 4) is 17.1 Å². The fourth-order valence-electron chi connectivity index (χ4n) is 3.11. The molecular weight excluding hydrogens is 314 g/mol. The topological polar surface area (TPSA) is 57.0 Å². The van der Waals surface area contributed by atoms with Crippen molar-refractivity contribution in [2.24, 2.45) is 0 Å². The predicted molar refractivity (Wildman–Crippen MR) is 88.7 cm³/mol. The average Bonchev–Trinajstić information content (AvgIpc) is 2.99. The van der Waals surface area contributed by atoms with Gasteiger partial charge in [-0.25, -0.2) is 9.67 Å². The molecule has 0 saturated heterocycles. The Kier molecular flexibility index (Phi) is 4.96. The van der Waals surface area contributed by atoms with Gasteiger partial charge in [-0.15, -0.1) is 0 Å². The highest BCUT2D eigenvalue weighted by Crippen LogP contribution is 2.33. The maximum Gasteiger partial charge on any atom is 0.243 e. The molecule has 0 unspecified atom stereocenters. The second-order valence-corrected chi connectivity index (χ2v) is 6.29. The normalized spacial score (nSPS) is 15.6. The number of benzene rings is 1. The van der Waals surface area contributed by atoms with Gasteiger partial charge >= 0.3 is 0 Å². The number of ether oxygens (including phenoxy) is 1.